The Hall–Kier alpha value is -1.23. The number of carbonyl (C=O) groups excluding carboxylic acids is 2. The Bertz CT molecular complexity index is 732. The molecule has 0 aromatic heterocycles. The minimum atomic E-state index is -3.48. The van der Waals surface area contributed by atoms with Crippen LogP contribution in [-0.4, -0.2) is 80.0 Å². The molecular weight excluding hydrogens is 372 g/mol. The first-order valence-electron chi connectivity index (χ1n) is 9.63. The van der Waals surface area contributed by atoms with Gasteiger partial charge in [0.25, 0.3) is 0 Å². The molecule has 152 valence electrons. The molecule has 27 heavy (non-hydrogen) atoms. The number of sulfonamides is 1. The van der Waals surface area contributed by atoms with Crippen LogP contribution in [0.4, 0.5) is 4.79 Å². The molecule has 2 saturated carbocycles. The Labute approximate surface area is 159 Å². The summed E-state index contributed by atoms with van der Waals surface area (Å²) in [5, 5.41) is 2.45. The number of amides is 3. The number of fused-ring (bicyclic) bond motifs is 1. The minimum Gasteiger partial charge on any atom is -0.360 e. The third kappa shape index (κ3) is 3.59. The van der Waals surface area contributed by atoms with Crippen LogP contribution in [0.5, 0.6) is 0 Å². The van der Waals surface area contributed by atoms with Crippen molar-refractivity contribution in [2.24, 2.45) is 5.92 Å². The summed E-state index contributed by atoms with van der Waals surface area (Å²) in [5.74, 6) is -0.750. The Morgan fingerprint density at radius 1 is 1.30 bits per heavy atom. The zero-order valence-electron chi connectivity index (χ0n) is 15.8. The standard InChI is InChI=1S/C17H28N4O5S/c1-17(5-6-17)19-27(24,25)12-3-4-14-13(7-12)15(22)21(16(23)20(14)2)9-11-8-18-10-26-11/h11-14,18-19H,3-10H2,1-2H3. The van der Waals surface area contributed by atoms with E-state index in [0.29, 0.717) is 26.1 Å². The maximum Gasteiger partial charge on any atom is 0.326 e. The molecule has 10 heteroatoms. The molecular formula is C17H28N4O5S. The van der Waals surface area contributed by atoms with Crippen molar-refractivity contribution >= 4 is 22.0 Å². The van der Waals surface area contributed by atoms with Gasteiger partial charge in [0.1, 0.15) is 0 Å². The number of hydrogen-bond donors (Lipinski definition) is 2. The van der Waals surface area contributed by atoms with E-state index in [1.807, 2.05) is 6.92 Å². The second-order valence-electron chi connectivity index (χ2n) is 8.55. The van der Waals surface area contributed by atoms with E-state index in [0.717, 1.165) is 12.8 Å². The third-order valence-electron chi connectivity index (χ3n) is 6.39. The van der Waals surface area contributed by atoms with E-state index in [2.05, 4.69) is 10.0 Å². The van der Waals surface area contributed by atoms with Crippen molar-refractivity contribution < 1.29 is 22.7 Å². The summed E-state index contributed by atoms with van der Waals surface area (Å²) in [4.78, 5) is 28.6. The van der Waals surface area contributed by atoms with Crippen LogP contribution in [0.1, 0.15) is 39.0 Å². The van der Waals surface area contributed by atoms with Gasteiger partial charge in [-0.3, -0.25) is 15.0 Å². The van der Waals surface area contributed by atoms with Crippen molar-refractivity contribution in [2.75, 3.05) is 26.9 Å². The molecule has 9 nitrogen and oxygen atoms in total. The molecule has 4 aliphatic rings. The van der Waals surface area contributed by atoms with Crippen molar-refractivity contribution in [3.05, 3.63) is 0 Å². The van der Waals surface area contributed by atoms with Crippen LogP contribution in [0.25, 0.3) is 0 Å². The zero-order chi connectivity index (χ0) is 19.4. The Morgan fingerprint density at radius 2 is 2.04 bits per heavy atom. The topological polar surface area (TPSA) is 108 Å². The van der Waals surface area contributed by atoms with Crippen molar-refractivity contribution in [2.45, 2.75) is 62.0 Å². The molecule has 0 bridgehead atoms. The quantitative estimate of drug-likeness (QED) is 0.664. The molecule has 2 N–H and O–H groups in total. The number of nitrogens with one attached hydrogen (secondary N) is 2. The molecule has 2 aliphatic carbocycles. The van der Waals surface area contributed by atoms with Gasteiger partial charge in [0, 0.05) is 25.2 Å². The van der Waals surface area contributed by atoms with Gasteiger partial charge in [0.15, 0.2) is 0 Å². The molecule has 4 fully saturated rings. The van der Waals surface area contributed by atoms with Gasteiger partial charge in [-0.05, 0) is 39.0 Å². The van der Waals surface area contributed by atoms with E-state index in [9.17, 15) is 18.0 Å². The Morgan fingerprint density at radius 3 is 2.67 bits per heavy atom. The van der Waals surface area contributed by atoms with Gasteiger partial charge in [-0.15, -0.1) is 0 Å². The molecule has 0 spiro atoms. The first-order valence-corrected chi connectivity index (χ1v) is 11.2. The fraction of sp³-hybridized carbons (Fsp3) is 0.882. The van der Waals surface area contributed by atoms with E-state index in [4.69, 9.17) is 4.74 Å². The number of urea groups is 1. The third-order valence-corrected chi connectivity index (χ3v) is 8.47. The highest BCUT2D eigenvalue weighted by Crippen LogP contribution is 2.39. The van der Waals surface area contributed by atoms with Crippen LogP contribution in [0.2, 0.25) is 0 Å². The van der Waals surface area contributed by atoms with Crippen LogP contribution < -0.4 is 10.0 Å². The average Bonchev–Trinajstić information content (AvgIpc) is 3.12. The second kappa shape index (κ2) is 6.68. The first-order chi connectivity index (χ1) is 12.7. The molecule has 0 radical (unpaired) electrons. The maximum atomic E-state index is 13.1. The Balaban J connectivity index is 1.50. The largest absolute Gasteiger partial charge is 0.360 e. The van der Waals surface area contributed by atoms with E-state index < -0.39 is 21.2 Å². The number of rotatable bonds is 5. The number of ether oxygens (including phenoxy) is 1. The summed E-state index contributed by atoms with van der Waals surface area (Å²) in [6.07, 6.45) is 2.73. The van der Waals surface area contributed by atoms with Gasteiger partial charge < -0.3 is 9.64 Å². The second-order valence-corrected chi connectivity index (χ2v) is 10.5. The molecule has 2 aliphatic heterocycles. The number of imide groups is 1. The molecule has 4 atom stereocenters. The highest BCUT2D eigenvalue weighted by atomic mass is 32.2. The van der Waals surface area contributed by atoms with Gasteiger partial charge in [0.2, 0.25) is 15.9 Å². The number of hydrogen-bond acceptors (Lipinski definition) is 6. The summed E-state index contributed by atoms with van der Waals surface area (Å²) in [6, 6.07) is -0.548. The normalized spacial score (nSPS) is 36.1. The molecule has 3 amide bonds. The predicted molar refractivity (Wildman–Crippen MR) is 97.2 cm³/mol. The summed E-state index contributed by atoms with van der Waals surface area (Å²) in [6.45, 7) is 3.11. The highest BCUT2D eigenvalue weighted by Gasteiger charge is 2.51. The minimum absolute atomic E-state index is 0.200. The van der Waals surface area contributed by atoms with Gasteiger partial charge in [-0.1, -0.05) is 0 Å². The van der Waals surface area contributed by atoms with Gasteiger partial charge >= 0.3 is 6.03 Å². The van der Waals surface area contributed by atoms with Gasteiger partial charge in [-0.2, -0.15) is 0 Å². The molecule has 2 saturated heterocycles. The van der Waals surface area contributed by atoms with Gasteiger partial charge in [0.05, 0.1) is 30.5 Å². The van der Waals surface area contributed by atoms with Crippen LogP contribution in [0.15, 0.2) is 0 Å². The van der Waals surface area contributed by atoms with Crippen molar-refractivity contribution in [1.29, 1.82) is 0 Å². The smallest absolute Gasteiger partial charge is 0.326 e. The number of nitrogens with zero attached hydrogens (tertiary/aromatic N) is 2. The fourth-order valence-corrected chi connectivity index (χ4v) is 6.38. The van der Waals surface area contributed by atoms with Crippen molar-refractivity contribution in [3.8, 4) is 0 Å². The van der Waals surface area contributed by atoms with E-state index in [-0.39, 0.29) is 42.6 Å². The summed E-state index contributed by atoms with van der Waals surface area (Å²) < 4.78 is 33.9. The molecule has 2 heterocycles. The number of carbonyl (C=O) groups is 2. The highest BCUT2D eigenvalue weighted by molar-refractivity contribution is 7.90. The first kappa shape index (κ1) is 19.1. The molecule has 0 aromatic carbocycles. The monoisotopic (exact) mass is 400 g/mol. The lowest BCUT2D eigenvalue weighted by Crippen LogP contribution is -2.64. The van der Waals surface area contributed by atoms with Crippen molar-refractivity contribution in [3.63, 3.8) is 0 Å². The van der Waals surface area contributed by atoms with E-state index in [1.54, 1.807) is 11.9 Å². The molecule has 4 unspecified atom stereocenters. The Kier molecular flexibility index (Phi) is 4.73. The van der Waals surface area contributed by atoms with E-state index >= 15 is 0 Å². The SMILES string of the molecule is CN1C(=O)N(CC2CNCO2)C(=O)C2CC(S(=O)(=O)NC3(C)CC3)CCC21. The lowest BCUT2D eigenvalue weighted by Gasteiger charge is -2.47. The van der Waals surface area contributed by atoms with E-state index in [1.165, 1.54) is 4.90 Å². The van der Waals surface area contributed by atoms with Crippen LogP contribution in [0, 0.1) is 5.92 Å². The van der Waals surface area contributed by atoms with Crippen molar-refractivity contribution in [1.82, 2.24) is 19.8 Å². The lowest BCUT2D eigenvalue weighted by molar-refractivity contribution is -0.141. The van der Waals surface area contributed by atoms with Crippen LogP contribution >= 0.6 is 0 Å². The summed E-state index contributed by atoms with van der Waals surface area (Å²) >= 11 is 0. The summed E-state index contributed by atoms with van der Waals surface area (Å²) in [7, 11) is -1.78. The maximum absolute atomic E-state index is 13.1. The predicted octanol–water partition coefficient (Wildman–Crippen LogP) is -0.164. The molecule has 4 rings (SSSR count). The summed E-state index contributed by atoms with van der Waals surface area (Å²) in [5.41, 5.74) is -0.322. The lowest BCUT2D eigenvalue weighted by atomic mass is 9.81. The van der Waals surface area contributed by atoms with Gasteiger partial charge in [-0.25, -0.2) is 17.9 Å². The average molecular weight is 401 g/mol. The van der Waals surface area contributed by atoms with Crippen LogP contribution in [0.3, 0.4) is 0 Å². The molecule has 0 aromatic rings. The van der Waals surface area contributed by atoms with Crippen LogP contribution in [-0.2, 0) is 19.6 Å². The fourth-order valence-electron chi connectivity index (χ4n) is 4.41. The zero-order valence-corrected chi connectivity index (χ0v) is 16.6.